The summed E-state index contributed by atoms with van der Waals surface area (Å²) >= 11 is 0. The Hall–Kier alpha value is -4.71. The molecule has 1 atom stereocenters. The van der Waals surface area contributed by atoms with Crippen LogP contribution >= 0.6 is 0 Å². The van der Waals surface area contributed by atoms with Gasteiger partial charge in [-0.15, -0.1) is 0 Å². The van der Waals surface area contributed by atoms with Gasteiger partial charge in [-0.25, -0.2) is 0 Å². The summed E-state index contributed by atoms with van der Waals surface area (Å²) in [4.78, 5) is 38.2. The number of esters is 3. The fraction of sp³-hybridized carbons (Fsp3) is 0.597. The zero-order valence-corrected chi connectivity index (χ0v) is 46.8. The molecule has 0 aliphatic heterocycles. The average Bonchev–Trinajstić information content (AvgIpc) is 3.39. The monoisotopic (exact) mass is 1010 g/mol. The van der Waals surface area contributed by atoms with Crippen molar-refractivity contribution in [1.29, 1.82) is 0 Å². The molecule has 0 aromatic rings. The van der Waals surface area contributed by atoms with Gasteiger partial charge in [-0.1, -0.05) is 256 Å². The van der Waals surface area contributed by atoms with Gasteiger partial charge < -0.3 is 14.2 Å². The molecule has 0 aromatic carbocycles. The highest BCUT2D eigenvalue weighted by Crippen LogP contribution is 2.14. The lowest BCUT2D eigenvalue weighted by Crippen LogP contribution is -2.30. The Bertz CT molecular complexity index is 1630. The Morgan fingerprint density at radius 2 is 0.562 bits per heavy atom. The first-order valence-corrected chi connectivity index (χ1v) is 29.3. The van der Waals surface area contributed by atoms with Crippen molar-refractivity contribution in [1.82, 2.24) is 0 Å². The lowest BCUT2D eigenvalue weighted by atomic mass is 10.0. The number of unbranched alkanes of at least 4 members (excludes halogenated alkanes) is 16. The van der Waals surface area contributed by atoms with Crippen LogP contribution in [0.4, 0.5) is 0 Å². The minimum atomic E-state index is -0.835. The van der Waals surface area contributed by atoms with E-state index in [1.54, 1.807) is 0 Å². The number of hydrogen-bond donors (Lipinski definition) is 0. The van der Waals surface area contributed by atoms with E-state index in [-0.39, 0.29) is 31.6 Å². The van der Waals surface area contributed by atoms with Gasteiger partial charge in [0.2, 0.25) is 0 Å². The molecule has 0 heterocycles. The molecule has 6 heteroatoms. The van der Waals surface area contributed by atoms with Gasteiger partial charge >= 0.3 is 17.9 Å². The maximum absolute atomic E-state index is 12.8. The van der Waals surface area contributed by atoms with Crippen LogP contribution in [0.1, 0.15) is 239 Å². The summed E-state index contributed by atoms with van der Waals surface area (Å²) in [5.41, 5.74) is 0. The van der Waals surface area contributed by atoms with Crippen LogP contribution < -0.4 is 0 Å². The van der Waals surface area contributed by atoms with Crippen molar-refractivity contribution in [3.05, 3.63) is 146 Å². The molecule has 73 heavy (non-hydrogen) atoms. The van der Waals surface area contributed by atoms with E-state index in [1.165, 1.54) is 64.2 Å². The van der Waals surface area contributed by atoms with Gasteiger partial charge in [-0.3, -0.25) is 14.4 Å². The van der Waals surface area contributed by atoms with Crippen molar-refractivity contribution in [3.8, 4) is 0 Å². The summed E-state index contributed by atoms with van der Waals surface area (Å²) < 4.78 is 16.8. The Morgan fingerprint density at radius 1 is 0.288 bits per heavy atom. The van der Waals surface area contributed by atoms with Gasteiger partial charge in [0.05, 0.1) is 0 Å². The van der Waals surface area contributed by atoms with Gasteiger partial charge in [0.25, 0.3) is 0 Å². The lowest BCUT2D eigenvalue weighted by molar-refractivity contribution is -0.166. The molecule has 0 N–H and O–H groups in total. The van der Waals surface area contributed by atoms with Crippen LogP contribution in [0.15, 0.2) is 146 Å². The summed E-state index contributed by atoms with van der Waals surface area (Å²) in [5.74, 6) is -1.04. The quantitative estimate of drug-likeness (QED) is 0.0261. The fourth-order valence-electron chi connectivity index (χ4n) is 7.53. The molecule has 0 bridgehead atoms. The fourth-order valence-corrected chi connectivity index (χ4v) is 7.53. The largest absolute Gasteiger partial charge is 0.462 e. The average molecular weight is 1010 g/mol. The molecule has 0 rings (SSSR count). The molecule has 0 aliphatic carbocycles. The molecule has 0 saturated carbocycles. The highest BCUT2D eigenvalue weighted by molar-refractivity contribution is 5.71. The smallest absolute Gasteiger partial charge is 0.306 e. The minimum Gasteiger partial charge on any atom is -0.462 e. The van der Waals surface area contributed by atoms with E-state index in [0.717, 1.165) is 128 Å². The second kappa shape index (κ2) is 59.8. The van der Waals surface area contributed by atoms with Crippen molar-refractivity contribution in [2.45, 2.75) is 245 Å². The van der Waals surface area contributed by atoms with Gasteiger partial charge in [0, 0.05) is 19.3 Å². The molecular weight excluding hydrogens is 901 g/mol. The molecule has 0 radical (unpaired) electrons. The van der Waals surface area contributed by atoms with Gasteiger partial charge in [0.15, 0.2) is 6.10 Å². The third-order valence-corrected chi connectivity index (χ3v) is 11.9. The molecule has 410 valence electrons. The van der Waals surface area contributed by atoms with E-state index in [9.17, 15) is 14.4 Å². The molecule has 1 unspecified atom stereocenters. The van der Waals surface area contributed by atoms with Crippen LogP contribution in [0.3, 0.4) is 0 Å². The maximum Gasteiger partial charge on any atom is 0.306 e. The Kier molecular flexibility index (Phi) is 56.0. The number of rotatable bonds is 51. The number of ether oxygens (including phenoxy) is 3. The first-order valence-electron chi connectivity index (χ1n) is 29.3. The van der Waals surface area contributed by atoms with Crippen molar-refractivity contribution in [3.63, 3.8) is 0 Å². The van der Waals surface area contributed by atoms with Crippen LogP contribution in [0.5, 0.6) is 0 Å². The van der Waals surface area contributed by atoms with Crippen molar-refractivity contribution < 1.29 is 28.6 Å². The van der Waals surface area contributed by atoms with Crippen LogP contribution in [-0.2, 0) is 28.6 Å². The second-order valence-electron chi connectivity index (χ2n) is 18.8. The van der Waals surface area contributed by atoms with Gasteiger partial charge in [-0.2, -0.15) is 0 Å². The highest BCUT2D eigenvalue weighted by Gasteiger charge is 2.19. The third-order valence-electron chi connectivity index (χ3n) is 11.9. The lowest BCUT2D eigenvalue weighted by Gasteiger charge is -2.18. The van der Waals surface area contributed by atoms with Crippen molar-refractivity contribution in [2.24, 2.45) is 0 Å². The number of hydrogen-bond acceptors (Lipinski definition) is 6. The number of carbonyl (C=O) groups is 3. The topological polar surface area (TPSA) is 78.9 Å². The standard InChI is InChI=1S/C67H106O6/c1-4-7-10-13-16-19-22-25-27-29-31-32-33-34-36-37-39-42-45-48-51-54-57-60-66(69)72-63-64(62-71-65(68)59-56-53-50-47-44-41-24-21-18-15-12-9-6-3)73-67(70)61-58-55-52-49-46-43-40-38-35-30-28-26-23-20-17-14-11-8-5-2/h7-8,10-11,16-17,19-20,25-28,31-32,34-36,38-39,42-43,46,52,55,64H,4-6,9,12-15,18,21-24,29-30,33,37,40-41,44-45,47-51,53-54,56-63H2,1-3H3/b10-7-,11-8-,19-16-,20-17-,27-25-,28-26-,32-31-,36-34-,38-35-,42-39-,46-43-,55-52-. The van der Waals surface area contributed by atoms with E-state index in [1.807, 2.05) is 12.2 Å². The number of carbonyl (C=O) groups excluding carboxylic acids is 3. The van der Waals surface area contributed by atoms with Crippen LogP contribution in [0, 0.1) is 0 Å². The molecular formula is C67H106O6. The Labute approximate surface area is 448 Å². The summed E-state index contributed by atoms with van der Waals surface area (Å²) in [6.07, 6.45) is 85.6. The molecule has 0 amide bonds. The van der Waals surface area contributed by atoms with Gasteiger partial charge in [0.1, 0.15) is 13.2 Å². The van der Waals surface area contributed by atoms with E-state index in [0.29, 0.717) is 19.3 Å². The van der Waals surface area contributed by atoms with E-state index in [4.69, 9.17) is 14.2 Å². The zero-order valence-electron chi connectivity index (χ0n) is 46.8. The Balaban J connectivity index is 4.54. The van der Waals surface area contributed by atoms with Crippen LogP contribution in [0.2, 0.25) is 0 Å². The molecule has 0 aliphatic rings. The molecule has 0 spiro atoms. The SMILES string of the molecule is CC/C=C\C/C=C\C/C=C\C/C=C\C/C=C\C/C=C\CCCCCCC(=O)OCC(COC(=O)CCCCCCCCCCCCCCC)OC(=O)CC/C=C\C/C=C\C/C=C\C/C=C\C/C=C\C/C=C\CC. The predicted octanol–water partition coefficient (Wildman–Crippen LogP) is 20.0. The minimum absolute atomic E-state index is 0.120. The summed E-state index contributed by atoms with van der Waals surface area (Å²) in [6.45, 7) is 6.32. The van der Waals surface area contributed by atoms with Crippen molar-refractivity contribution >= 4 is 17.9 Å². The van der Waals surface area contributed by atoms with Crippen molar-refractivity contribution in [2.75, 3.05) is 13.2 Å². The van der Waals surface area contributed by atoms with Gasteiger partial charge in [-0.05, 0) is 109 Å². The molecule has 0 aromatic heterocycles. The molecule has 6 nitrogen and oxygen atoms in total. The van der Waals surface area contributed by atoms with E-state index >= 15 is 0 Å². The zero-order chi connectivity index (χ0) is 52.9. The first-order chi connectivity index (χ1) is 36.0. The summed E-state index contributed by atoms with van der Waals surface area (Å²) in [6, 6.07) is 0. The highest BCUT2D eigenvalue weighted by atomic mass is 16.6. The maximum atomic E-state index is 12.8. The third kappa shape index (κ3) is 58.1. The normalized spacial score (nSPS) is 13.2. The van der Waals surface area contributed by atoms with E-state index < -0.39 is 12.1 Å². The summed E-state index contributed by atoms with van der Waals surface area (Å²) in [5, 5.41) is 0. The predicted molar refractivity (Wildman–Crippen MR) is 315 cm³/mol. The summed E-state index contributed by atoms with van der Waals surface area (Å²) in [7, 11) is 0. The second-order valence-corrected chi connectivity index (χ2v) is 18.8. The molecule has 0 fully saturated rings. The number of allylic oxidation sites excluding steroid dienone is 24. The van der Waals surface area contributed by atoms with Crippen LogP contribution in [-0.4, -0.2) is 37.2 Å². The van der Waals surface area contributed by atoms with Crippen LogP contribution in [0.25, 0.3) is 0 Å². The molecule has 0 saturated heterocycles. The first kappa shape index (κ1) is 68.3. The van der Waals surface area contributed by atoms with E-state index in [2.05, 4.69) is 154 Å². The Morgan fingerprint density at radius 3 is 0.890 bits per heavy atom.